The van der Waals surface area contributed by atoms with Crippen LogP contribution in [0.5, 0.6) is 0 Å². The molecule has 0 aliphatic carbocycles. The summed E-state index contributed by atoms with van der Waals surface area (Å²) in [6.45, 7) is 0.659. The van der Waals surface area contributed by atoms with E-state index >= 15 is 0 Å². The molecule has 0 spiro atoms. The van der Waals surface area contributed by atoms with Crippen LogP contribution in [0.2, 0.25) is 0 Å². The van der Waals surface area contributed by atoms with Crippen LogP contribution in [0.15, 0.2) is 36.5 Å². The van der Waals surface area contributed by atoms with Crippen molar-refractivity contribution in [1.29, 1.82) is 0 Å². The maximum atomic E-state index is 12.7. The standard InChI is InChI=1S/C17H20N2O4/c1-23-14-8-13(9-17(21)22)19(10-14)16(20)11-18-7-6-12-4-2-3-5-15(12)18/h2-7,13-14H,8-11H2,1H3,(H,21,22). The molecule has 0 radical (unpaired) electrons. The second-order valence-corrected chi connectivity index (χ2v) is 5.89. The molecule has 23 heavy (non-hydrogen) atoms. The molecule has 1 fully saturated rings. The van der Waals surface area contributed by atoms with E-state index in [1.165, 1.54) is 0 Å². The Morgan fingerprint density at radius 1 is 1.30 bits per heavy atom. The van der Waals surface area contributed by atoms with Crippen molar-refractivity contribution in [1.82, 2.24) is 9.47 Å². The molecule has 1 aromatic carbocycles. The van der Waals surface area contributed by atoms with Gasteiger partial charge in [-0.25, -0.2) is 0 Å². The third-order valence-electron chi connectivity index (χ3n) is 4.43. The molecule has 6 heteroatoms. The number of carbonyl (C=O) groups is 2. The molecule has 6 nitrogen and oxygen atoms in total. The van der Waals surface area contributed by atoms with Gasteiger partial charge in [-0.2, -0.15) is 0 Å². The lowest BCUT2D eigenvalue weighted by Gasteiger charge is -2.23. The highest BCUT2D eigenvalue weighted by Gasteiger charge is 2.36. The molecule has 3 rings (SSSR count). The summed E-state index contributed by atoms with van der Waals surface area (Å²) in [5.41, 5.74) is 0.998. The number of carbonyl (C=O) groups excluding carboxylic acids is 1. The summed E-state index contributed by atoms with van der Waals surface area (Å²) in [4.78, 5) is 25.3. The fraction of sp³-hybridized carbons (Fsp3) is 0.412. The number of hydrogen-bond donors (Lipinski definition) is 1. The van der Waals surface area contributed by atoms with Crippen molar-refractivity contribution in [3.8, 4) is 0 Å². The minimum Gasteiger partial charge on any atom is -0.481 e. The van der Waals surface area contributed by atoms with E-state index in [1.807, 2.05) is 41.1 Å². The molecule has 1 aliphatic heterocycles. The Morgan fingerprint density at radius 3 is 2.83 bits per heavy atom. The van der Waals surface area contributed by atoms with E-state index in [4.69, 9.17) is 9.84 Å². The molecule has 122 valence electrons. The topological polar surface area (TPSA) is 71.8 Å². The summed E-state index contributed by atoms with van der Waals surface area (Å²) in [5.74, 6) is -0.965. The van der Waals surface area contributed by atoms with Crippen LogP contribution < -0.4 is 0 Å². The largest absolute Gasteiger partial charge is 0.481 e. The van der Waals surface area contributed by atoms with E-state index in [1.54, 1.807) is 12.0 Å². The molecule has 2 unspecified atom stereocenters. The molecular formula is C17H20N2O4. The summed E-state index contributed by atoms with van der Waals surface area (Å²) in [6.07, 6.45) is 2.32. The van der Waals surface area contributed by atoms with Crippen LogP contribution in [0.3, 0.4) is 0 Å². The monoisotopic (exact) mass is 316 g/mol. The first-order valence-electron chi connectivity index (χ1n) is 7.66. The van der Waals surface area contributed by atoms with E-state index in [-0.39, 0.29) is 31.0 Å². The van der Waals surface area contributed by atoms with Gasteiger partial charge in [-0.1, -0.05) is 18.2 Å². The number of nitrogens with zero attached hydrogens (tertiary/aromatic N) is 2. The number of ether oxygens (including phenoxy) is 1. The van der Waals surface area contributed by atoms with Crippen LogP contribution in [0.25, 0.3) is 10.9 Å². The average molecular weight is 316 g/mol. The molecule has 2 atom stereocenters. The first-order chi connectivity index (χ1) is 11.1. The summed E-state index contributed by atoms with van der Waals surface area (Å²) in [5, 5.41) is 10.1. The second kappa shape index (κ2) is 6.42. The van der Waals surface area contributed by atoms with Gasteiger partial charge in [-0.3, -0.25) is 9.59 Å². The summed E-state index contributed by atoms with van der Waals surface area (Å²) >= 11 is 0. The summed E-state index contributed by atoms with van der Waals surface area (Å²) in [7, 11) is 1.59. The first-order valence-corrected chi connectivity index (χ1v) is 7.66. The van der Waals surface area contributed by atoms with Gasteiger partial charge < -0.3 is 19.3 Å². The number of benzene rings is 1. The zero-order valence-electron chi connectivity index (χ0n) is 13.0. The highest BCUT2D eigenvalue weighted by molar-refractivity contribution is 5.83. The Balaban J connectivity index is 1.77. The van der Waals surface area contributed by atoms with Crippen molar-refractivity contribution in [2.75, 3.05) is 13.7 Å². The third kappa shape index (κ3) is 3.22. The summed E-state index contributed by atoms with van der Waals surface area (Å²) in [6, 6.07) is 9.54. The number of methoxy groups -OCH3 is 1. The smallest absolute Gasteiger partial charge is 0.305 e. The number of aromatic nitrogens is 1. The Morgan fingerprint density at radius 2 is 2.09 bits per heavy atom. The van der Waals surface area contributed by atoms with Crippen LogP contribution in [-0.4, -0.2) is 52.3 Å². The van der Waals surface area contributed by atoms with Crippen LogP contribution >= 0.6 is 0 Å². The predicted octanol–water partition coefficient (Wildman–Crippen LogP) is 1.73. The van der Waals surface area contributed by atoms with E-state index in [9.17, 15) is 9.59 Å². The van der Waals surface area contributed by atoms with Gasteiger partial charge in [-0.15, -0.1) is 0 Å². The zero-order chi connectivity index (χ0) is 16.4. The molecule has 1 N–H and O–H groups in total. The highest BCUT2D eigenvalue weighted by Crippen LogP contribution is 2.24. The van der Waals surface area contributed by atoms with E-state index in [0.717, 1.165) is 10.9 Å². The van der Waals surface area contributed by atoms with Gasteiger partial charge in [0.2, 0.25) is 5.91 Å². The van der Waals surface area contributed by atoms with Crippen LogP contribution in [0.4, 0.5) is 0 Å². The fourth-order valence-corrected chi connectivity index (χ4v) is 3.26. The number of likely N-dealkylation sites (tertiary alicyclic amines) is 1. The Bertz CT molecular complexity index is 724. The SMILES string of the molecule is COC1CC(CC(=O)O)N(C(=O)Cn2ccc3ccccc32)C1. The average Bonchev–Trinajstić information content (AvgIpc) is 3.11. The molecule has 2 heterocycles. The molecule has 1 saturated heterocycles. The molecule has 1 aromatic heterocycles. The normalized spacial score (nSPS) is 21.0. The van der Waals surface area contributed by atoms with Gasteiger partial charge in [-0.05, 0) is 23.9 Å². The Labute approximate surface area is 134 Å². The van der Waals surface area contributed by atoms with E-state index < -0.39 is 5.97 Å². The lowest BCUT2D eigenvalue weighted by Crippen LogP contribution is -2.39. The fourth-order valence-electron chi connectivity index (χ4n) is 3.26. The quantitative estimate of drug-likeness (QED) is 0.912. The molecular weight excluding hydrogens is 296 g/mol. The van der Waals surface area contributed by atoms with Gasteiger partial charge in [0.05, 0.1) is 12.5 Å². The lowest BCUT2D eigenvalue weighted by atomic mass is 10.1. The molecule has 1 amide bonds. The van der Waals surface area contributed by atoms with Crippen molar-refractivity contribution in [3.63, 3.8) is 0 Å². The Hall–Kier alpha value is -2.34. The number of para-hydroxylation sites is 1. The molecule has 0 bridgehead atoms. The highest BCUT2D eigenvalue weighted by atomic mass is 16.5. The van der Waals surface area contributed by atoms with Gasteiger partial charge >= 0.3 is 5.97 Å². The number of amides is 1. The number of carboxylic acids is 1. The first kappa shape index (κ1) is 15.6. The molecule has 2 aromatic rings. The number of carboxylic acid groups (broad SMARTS) is 1. The third-order valence-corrected chi connectivity index (χ3v) is 4.43. The summed E-state index contributed by atoms with van der Waals surface area (Å²) < 4.78 is 7.21. The van der Waals surface area contributed by atoms with E-state index in [0.29, 0.717) is 13.0 Å². The minimum absolute atomic E-state index is 0.0436. The minimum atomic E-state index is -0.893. The number of rotatable bonds is 5. The lowest BCUT2D eigenvalue weighted by molar-refractivity contribution is -0.140. The van der Waals surface area contributed by atoms with Crippen molar-refractivity contribution in [3.05, 3.63) is 36.5 Å². The maximum absolute atomic E-state index is 12.7. The predicted molar refractivity (Wildman–Crippen MR) is 85.1 cm³/mol. The number of aliphatic carboxylic acids is 1. The van der Waals surface area contributed by atoms with Crippen LogP contribution in [-0.2, 0) is 20.9 Å². The zero-order valence-corrected chi connectivity index (χ0v) is 13.0. The number of fused-ring (bicyclic) bond motifs is 1. The van der Waals surface area contributed by atoms with Crippen LogP contribution in [0, 0.1) is 0 Å². The Kier molecular flexibility index (Phi) is 4.34. The van der Waals surface area contributed by atoms with Gasteiger partial charge in [0, 0.05) is 31.4 Å². The van der Waals surface area contributed by atoms with E-state index in [2.05, 4.69) is 0 Å². The number of hydrogen-bond acceptors (Lipinski definition) is 3. The van der Waals surface area contributed by atoms with Crippen molar-refractivity contribution in [2.24, 2.45) is 0 Å². The molecule has 1 aliphatic rings. The van der Waals surface area contributed by atoms with Gasteiger partial charge in [0.1, 0.15) is 6.54 Å². The van der Waals surface area contributed by atoms with Crippen LogP contribution in [0.1, 0.15) is 12.8 Å². The second-order valence-electron chi connectivity index (χ2n) is 5.89. The van der Waals surface area contributed by atoms with Gasteiger partial charge in [0.25, 0.3) is 0 Å². The van der Waals surface area contributed by atoms with Crippen molar-refractivity contribution in [2.45, 2.75) is 31.5 Å². The molecule has 0 saturated carbocycles. The van der Waals surface area contributed by atoms with Gasteiger partial charge in [0.15, 0.2) is 0 Å². The maximum Gasteiger partial charge on any atom is 0.305 e. The van der Waals surface area contributed by atoms with Crippen molar-refractivity contribution >= 4 is 22.8 Å². The van der Waals surface area contributed by atoms with Crippen molar-refractivity contribution < 1.29 is 19.4 Å².